The minimum Gasteiger partial charge on any atom is -0.480 e. The predicted octanol–water partition coefficient (Wildman–Crippen LogP) is 2.47. The first kappa shape index (κ1) is 12.6. The van der Waals surface area contributed by atoms with Gasteiger partial charge in [0.2, 0.25) is 5.88 Å². The molecular formula is C9H8ClF2NO3. The minimum absolute atomic E-state index is 0.105. The number of ether oxygens (including phenoxy) is 2. The van der Waals surface area contributed by atoms with Crippen molar-refractivity contribution in [2.45, 2.75) is 6.43 Å². The second-order valence-electron chi connectivity index (χ2n) is 2.70. The molecule has 0 bridgehead atoms. The first-order valence-electron chi connectivity index (χ1n) is 4.11. The average Bonchev–Trinajstić information content (AvgIpc) is 2.27. The Labute approximate surface area is 95.1 Å². The summed E-state index contributed by atoms with van der Waals surface area (Å²) in [5, 5.41) is -0.285. The molecule has 4 nitrogen and oxygen atoms in total. The molecule has 0 aliphatic heterocycles. The van der Waals surface area contributed by atoms with Gasteiger partial charge in [0.1, 0.15) is 5.02 Å². The van der Waals surface area contributed by atoms with Gasteiger partial charge in [0.25, 0.3) is 6.43 Å². The van der Waals surface area contributed by atoms with Crippen molar-refractivity contribution >= 4 is 17.6 Å². The Morgan fingerprint density at radius 3 is 2.56 bits per heavy atom. The maximum atomic E-state index is 12.6. The third kappa shape index (κ3) is 2.21. The van der Waals surface area contributed by atoms with Crippen LogP contribution in [0.3, 0.4) is 0 Å². The number of pyridine rings is 1. The van der Waals surface area contributed by atoms with Crippen molar-refractivity contribution in [3.63, 3.8) is 0 Å². The number of rotatable bonds is 3. The molecule has 0 aliphatic carbocycles. The first-order chi connectivity index (χ1) is 7.52. The van der Waals surface area contributed by atoms with Crippen molar-refractivity contribution in [2.75, 3.05) is 14.2 Å². The van der Waals surface area contributed by atoms with Crippen LogP contribution in [0.5, 0.6) is 5.88 Å². The van der Waals surface area contributed by atoms with Crippen molar-refractivity contribution < 1.29 is 23.0 Å². The molecule has 1 aromatic rings. The molecule has 0 N–H and O–H groups in total. The Hall–Kier alpha value is -1.43. The van der Waals surface area contributed by atoms with E-state index in [4.69, 9.17) is 16.3 Å². The van der Waals surface area contributed by atoms with E-state index >= 15 is 0 Å². The summed E-state index contributed by atoms with van der Waals surface area (Å²) in [6.45, 7) is 0. The number of hydrogen-bond acceptors (Lipinski definition) is 4. The van der Waals surface area contributed by atoms with Crippen LogP contribution < -0.4 is 4.74 Å². The van der Waals surface area contributed by atoms with Crippen LogP contribution in [0.2, 0.25) is 5.02 Å². The number of alkyl halides is 2. The Kier molecular flexibility index (Phi) is 4.00. The maximum absolute atomic E-state index is 12.6. The van der Waals surface area contributed by atoms with Crippen LogP contribution in [0, 0.1) is 0 Å². The van der Waals surface area contributed by atoms with Crippen molar-refractivity contribution in [3.05, 3.63) is 22.3 Å². The van der Waals surface area contributed by atoms with Gasteiger partial charge in [0.05, 0.1) is 25.3 Å². The average molecular weight is 252 g/mol. The third-order valence-corrected chi connectivity index (χ3v) is 2.19. The standard InChI is InChI=1S/C9H8ClF2NO3/c1-15-8-6(10)5(9(14)16-2)4(3-13-8)7(11)12/h3,7H,1-2H3. The Morgan fingerprint density at radius 2 is 2.12 bits per heavy atom. The molecule has 0 spiro atoms. The highest BCUT2D eigenvalue weighted by molar-refractivity contribution is 6.35. The molecule has 16 heavy (non-hydrogen) atoms. The summed E-state index contributed by atoms with van der Waals surface area (Å²) >= 11 is 5.71. The van der Waals surface area contributed by atoms with E-state index in [1.165, 1.54) is 7.11 Å². The number of esters is 1. The molecule has 7 heteroatoms. The van der Waals surface area contributed by atoms with Crippen molar-refractivity contribution in [3.8, 4) is 5.88 Å². The molecule has 1 rings (SSSR count). The summed E-state index contributed by atoms with van der Waals surface area (Å²) in [7, 11) is 2.33. The second kappa shape index (κ2) is 5.07. The summed E-state index contributed by atoms with van der Waals surface area (Å²) in [5.74, 6) is -1.06. The van der Waals surface area contributed by atoms with Gasteiger partial charge in [-0.15, -0.1) is 0 Å². The highest BCUT2D eigenvalue weighted by atomic mass is 35.5. The number of halogens is 3. The molecule has 0 saturated heterocycles. The number of carbonyl (C=O) groups excluding carboxylic acids is 1. The molecule has 1 aromatic heterocycles. The van der Waals surface area contributed by atoms with E-state index in [0.29, 0.717) is 0 Å². The number of carbonyl (C=O) groups is 1. The second-order valence-corrected chi connectivity index (χ2v) is 3.08. The normalized spacial score (nSPS) is 10.4. The molecule has 0 aromatic carbocycles. The smallest absolute Gasteiger partial charge is 0.340 e. The Balaban J connectivity index is 3.42. The van der Waals surface area contributed by atoms with Crippen LogP contribution in [-0.4, -0.2) is 25.2 Å². The van der Waals surface area contributed by atoms with E-state index in [1.54, 1.807) is 0 Å². The number of aromatic nitrogens is 1. The van der Waals surface area contributed by atoms with E-state index in [1.807, 2.05) is 0 Å². The molecule has 0 atom stereocenters. The zero-order valence-electron chi connectivity index (χ0n) is 8.46. The quantitative estimate of drug-likeness (QED) is 0.775. The van der Waals surface area contributed by atoms with Crippen LogP contribution in [0.15, 0.2) is 6.20 Å². The van der Waals surface area contributed by atoms with Crippen LogP contribution in [0.25, 0.3) is 0 Å². The van der Waals surface area contributed by atoms with Crippen molar-refractivity contribution in [1.29, 1.82) is 0 Å². The van der Waals surface area contributed by atoms with Crippen LogP contribution in [0.1, 0.15) is 22.3 Å². The summed E-state index contributed by atoms with van der Waals surface area (Å²) in [6, 6.07) is 0. The van der Waals surface area contributed by atoms with Gasteiger partial charge in [-0.1, -0.05) is 11.6 Å². The molecule has 0 saturated carbocycles. The molecule has 0 unspecified atom stereocenters. The fourth-order valence-corrected chi connectivity index (χ4v) is 1.41. The minimum atomic E-state index is -2.87. The molecule has 0 amide bonds. The fraction of sp³-hybridized carbons (Fsp3) is 0.333. The zero-order chi connectivity index (χ0) is 12.3. The van der Waals surface area contributed by atoms with Gasteiger partial charge in [-0.2, -0.15) is 0 Å². The van der Waals surface area contributed by atoms with Crippen molar-refractivity contribution in [1.82, 2.24) is 4.98 Å². The lowest BCUT2D eigenvalue weighted by Crippen LogP contribution is -2.09. The monoisotopic (exact) mass is 251 g/mol. The molecule has 0 radical (unpaired) electrons. The number of methoxy groups -OCH3 is 2. The van der Waals surface area contributed by atoms with Crippen LogP contribution in [-0.2, 0) is 4.74 Å². The molecule has 1 heterocycles. The van der Waals surface area contributed by atoms with Gasteiger partial charge >= 0.3 is 5.97 Å². The fourth-order valence-electron chi connectivity index (χ4n) is 1.10. The van der Waals surface area contributed by atoms with E-state index in [9.17, 15) is 13.6 Å². The lowest BCUT2D eigenvalue weighted by molar-refractivity contribution is 0.0588. The predicted molar refractivity (Wildman–Crippen MR) is 52.1 cm³/mol. The number of nitrogens with zero attached hydrogens (tertiary/aromatic N) is 1. The highest BCUT2D eigenvalue weighted by Crippen LogP contribution is 2.33. The maximum Gasteiger partial charge on any atom is 0.340 e. The Bertz CT molecular complexity index is 412. The van der Waals surface area contributed by atoms with E-state index in [2.05, 4.69) is 9.72 Å². The molecular weight excluding hydrogens is 244 g/mol. The topological polar surface area (TPSA) is 48.4 Å². The molecule has 88 valence electrons. The van der Waals surface area contributed by atoms with Gasteiger partial charge in [-0.25, -0.2) is 18.6 Å². The SMILES string of the molecule is COC(=O)c1c(C(F)F)cnc(OC)c1Cl. The zero-order valence-corrected chi connectivity index (χ0v) is 9.22. The summed E-state index contributed by atoms with van der Waals surface area (Å²) in [6.07, 6.45) is -2.04. The van der Waals surface area contributed by atoms with Gasteiger partial charge < -0.3 is 9.47 Å². The van der Waals surface area contributed by atoms with E-state index in [0.717, 1.165) is 13.3 Å². The first-order valence-corrected chi connectivity index (χ1v) is 4.49. The van der Waals surface area contributed by atoms with Gasteiger partial charge in [-0.3, -0.25) is 0 Å². The van der Waals surface area contributed by atoms with Crippen LogP contribution in [0.4, 0.5) is 8.78 Å². The lowest BCUT2D eigenvalue weighted by Gasteiger charge is -2.10. The van der Waals surface area contributed by atoms with E-state index in [-0.39, 0.29) is 10.9 Å². The van der Waals surface area contributed by atoms with Crippen LogP contribution >= 0.6 is 11.6 Å². The van der Waals surface area contributed by atoms with E-state index < -0.39 is 23.5 Å². The highest BCUT2D eigenvalue weighted by Gasteiger charge is 2.25. The lowest BCUT2D eigenvalue weighted by atomic mass is 10.1. The van der Waals surface area contributed by atoms with Gasteiger partial charge in [0, 0.05) is 6.20 Å². The third-order valence-electron chi connectivity index (χ3n) is 1.83. The van der Waals surface area contributed by atoms with Crippen molar-refractivity contribution in [2.24, 2.45) is 0 Å². The molecule has 0 fully saturated rings. The molecule has 0 aliphatic rings. The largest absolute Gasteiger partial charge is 0.480 e. The van der Waals surface area contributed by atoms with Gasteiger partial charge in [0.15, 0.2) is 0 Å². The summed E-state index contributed by atoms with van der Waals surface area (Å²) in [4.78, 5) is 14.9. The summed E-state index contributed by atoms with van der Waals surface area (Å²) in [5.41, 5.74) is -1.01. The van der Waals surface area contributed by atoms with Gasteiger partial charge in [-0.05, 0) is 0 Å². The summed E-state index contributed by atoms with van der Waals surface area (Å²) < 4.78 is 34.3. The Morgan fingerprint density at radius 1 is 1.50 bits per heavy atom. The number of hydrogen-bond donors (Lipinski definition) is 0.